The second-order valence-corrected chi connectivity index (χ2v) is 4.67. The Morgan fingerprint density at radius 3 is 2.84 bits per heavy atom. The smallest absolute Gasteiger partial charge is 0.269 e. The van der Waals surface area contributed by atoms with E-state index in [1.165, 1.54) is 0 Å². The van der Waals surface area contributed by atoms with Crippen LogP contribution in [0.5, 0.6) is 0 Å². The monoisotopic (exact) mass is 287 g/mol. The Labute approximate surface area is 119 Å². The van der Waals surface area contributed by atoms with Crippen molar-refractivity contribution in [2.75, 3.05) is 19.6 Å². The predicted molar refractivity (Wildman–Crippen MR) is 75.7 cm³/mol. The summed E-state index contributed by atoms with van der Waals surface area (Å²) >= 11 is 5.72. The first-order valence-corrected chi connectivity index (χ1v) is 7.12. The first-order chi connectivity index (χ1) is 9.15. The molecule has 108 valence electrons. The molecule has 1 amide bonds. The number of carbonyl (C=O) groups is 1. The number of amides is 1. The number of carbonyl (C=O) groups excluding carboxylic acids is 1. The fourth-order valence-corrected chi connectivity index (χ4v) is 2.12. The standard InChI is InChI=1S/C13H22ClN3O2/c1-4-10-8-12(17(5-2)16-10)13(18)15-11(6-7-14)9-19-3/h8,11H,4-7,9H2,1-3H3,(H,15,18). The van der Waals surface area contributed by atoms with Crippen molar-refractivity contribution in [3.63, 3.8) is 0 Å². The molecule has 0 saturated carbocycles. The normalized spacial score (nSPS) is 12.4. The molecule has 0 radical (unpaired) electrons. The number of hydrogen-bond acceptors (Lipinski definition) is 3. The number of aromatic nitrogens is 2. The Bertz CT molecular complexity index is 401. The lowest BCUT2D eigenvalue weighted by Gasteiger charge is -2.16. The molecule has 1 heterocycles. The zero-order valence-corrected chi connectivity index (χ0v) is 12.5. The van der Waals surface area contributed by atoms with Gasteiger partial charge in [0.1, 0.15) is 5.69 Å². The van der Waals surface area contributed by atoms with Gasteiger partial charge in [0.2, 0.25) is 0 Å². The van der Waals surface area contributed by atoms with Gasteiger partial charge in [-0.3, -0.25) is 9.48 Å². The average Bonchev–Trinajstić information content (AvgIpc) is 2.82. The van der Waals surface area contributed by atoms with Gasteiger partial charge in [-0.2, -0.15) is 5.10 Å². The van der Waals surface area contributed by atoms with Crippen molar-refractivity contribution in [2.45, 2.75) is 39.3 Å². The second kappa shape index (κ2) is 8.17. The van der Waals surface area contributed by atoms with Crippen molar-refractivity contribution in [1.29, 1.82) is 0 Å². The Hall–Kier alpha value is -1.07. The third-order valence-electron chi connectivity index (χ3n) is 2.89. The second-order valence-electron chi connectivity index (χ2n) is 4.29. The third-order valence-corrected chi connectivity index (χ3v) is 3.10. The summed E-state index contributed by atoms with van der Waals surface area (Å²) in [5, 5.41) is 7.30. The van der Waals surface area contributed by atoms with E-state index in [1.54, 1.807) is 11.8 Å². The number of nitrogens with one attached hydrogen (secondary N) is 1. The number of nitrogens with zero attached hydrogens (tertiary/aromatic N) is 2. The minimum absolute atomic E-state index is 0.0692. The van der Waals surface area contributed by atoms with Crippen molar-refractivity contribution in [3.8, 4) is 0 Å². The van der Waals surface area contributed by atoms with Crippen LogP contribution in [0.4, 0.5) is 0 Å². The van der Waals surface area contributed by atoms with Gasteiger partial charge in [-0.25, -0.2) is 0 Å². The van der Waals surface area contributed by atoms with Gasteiger partial charge in [-0.1, -0.05) is 6.92 Å². The highest BCUT2D eigenvalue weighted by Crippen LogP contribution is 2.07. The van der Waals surface area contributed by atoms with Gasteiger partial charge in [0.05, 0.1) is 18.3 Å². The quantitative estimate of drug-likeness (QED) is 0.742. The lowest BCUT2D eigenvalue weighted by Crippen LogP contribution is -2.39. The van der Waals surface area contributed by atoms with E-state index in [0.29, 0.717) is 31.1 Å². The van der Waals surface area contributed by atoms with E-state index in [4.69, 9.17) is 16.3 Å². The van der Waals surface area contributed by atoms with Gasteiger partial charge in [0, 0.05) is 19.5 Å². The minimum Gasteiger partial charge on any atom is -0.383 e. The van der Waals surface area contributed by atoms with Gasteiger partial charge in [0.15, 0.2) is 0 Å². The van der Waals surface area contributed by atoms with E-state index in [1.807, 2.05) is 19.9 Å². The van der Waals surface area contributed by atoms with Crippen molar-refractivity contribution in [3.05, 3.63) is 17.5 Å². The molecule has 0 saturated heterocycles. The maximum atomic E-state index is 12.2. The van der Waals surface area contributed by atoms with Crippen LogP contribution in [0.3, 0.4) is 0 Å². The van der Waals surface area contributed by atoms with Gasteiger partial charge >= 0.3 is 0 Å². The molecule has 1 unspecified atom stereocenters. The lowest BCUT2D eigenvalue weighted by molar-refractivity contribution is 0.0884. The van der Waals surface area contributed by atoms with Crippen molar-refractivity contribution in [2.24, 2.45) is 0 Å². The van der Waals surface area contributed by atoms with Crippen LogP contribution in [-0.2, 0) is 17.7 Å². The van der Waals surface area contributed by atoms with Gasteiger partial charge < -0.3 is 10.1 Å². The molecule has 5 nitrogen and oxygen atoms in total. The molecule has 0 aliphatic rings. The fraction of sp³-hybridized carbons (Fsp3) is 0.692. The van der Waals surface area contributed by atoms with Crippen LogP contribution < -0.4 is 5.32 Å². The number of rotatable bonds is 8. The van der Waals surface area contributed by atoms with Crippen LogP contribution >= 0.6 is 11.6 Å². The molecule has 1 atom stereocenters. The summed E-state index contributed by atoms with van der Waals surface area (Å²) < 4.78 is 6.80. The van der Waals surface area contributed by atoms with Crippen LogP contribution in [0.15, 0.2) is 6.07 Å². The number of methoxy groups -OCH3 is 1. The number of aryl methyl sites for hydroxylation is 2. The van der Waals surface area contributed by atoms with Gasteiger partial charge in [0.25, 0.3) is 5.91 Å². The summed E-state index contributed by atoms with van der Waals surface area (Å²) in [6.45, 7) is 5.12. The largest absolute Gasteiger partial charge is 0.383 e. The summed E-state index contributed by atoms with van der Waals surface area (Å²) in [5.74, 6) is 0.364. The number of alkyl halides is 1. The van der Waals surface area contributed by atoms with Crippen LogP contribution in [0.2, 0.25) is 0 Å². The Morgan fingerprint density at radius 1 is 1.58 bits per heavy atom. The van der Waals surface area contributed by atoms with Crippen LogP contribution in [0.25, 0.3) is 0 Å². The zero-order chi connectivity index (χ0) is 14.3. The van der Waals surface area contributed by atoms with E-state index >= 15 is 0 Å². The summed E-state index contributed by atoms with van der Waals surface area (Å²) in [7, 11) is 1.61. The molecule has 0 aromatic carbocycles. The summed E-state index contributed by atoms with van der Waals surface area (Å²) in [5.41, 5.74) is 1.52. The third kappa shape index (κ3) is 4.51. The van der Waals surface area contributed by atoms with Crippen LogP contribution in [0, 0.1) is 0 Å². The molecule has 1 rings (SSSR count). The molecule has 6 heteroatoms. The van der Waals surface area contributed by atoms with Crippen molar-refractivity contribution in [1.82, 2.24) is 15.1 Å². The molecule has 0 bridgehead atoms. The van der Waals surface area contributed by atoms with Crippen LogP contribution in [-0.4, -0.2) is 41.3 Å². The summed E-state index contributed by atoms with van der Waals surface area (Å²) in [4.78, 5) is 12.2. The number of halogens is 1. The first-order valence-electron chi connectivity index (χ1n) is 6.58. The van der Waals surface area contributed by atoms with E-state index in [2.05, 4.69) is 10.4 Å². The molecule has 0 aliphatic carbocycles. The Kier molecular flexibility index (Phi) is 6.87. The van der Waals surface area contributed by atoms with Gasteiger partial charge in [-0.05, 0) is 25.8 Å². The molecule has 19 heavy (non-hydrogen) atoms. The topological polar surface area (TPSA) is 56.1 Å². The molecular weight excluding hydrogens is 266 g/mol. The highest BCUT2D eigenvalue weighted by molar-refractivity contribution is 6.17. The molecular formula is C13H22ClN3O2. The molecule has 1 aromatic heterocycles. The Morgan fingerprint density at radius 2 is 2.32 bits per heavy atom. The summed E-state index contributed by atoms with van der Waals surface area (Å²) in [6.07, 6.45) is 1.50. The molecule has 1 N–H and O–H groups in total. The van der Waals surface area contributed by atoms with Crippen LogP contribution in [0.1, 0.15) is 36.5 Å². The van der Waals surface area contributed by atoms with E-state index in [-0.39, 0.29) is 11.9 Å². The highest BCUT2D eigenvalue weighted by Gasteiger charge is 2.17. The van der Waals surface area contributed by atoms with Crippen molar-refractivity contribution < 1.29 is 9.53 Å². The molecule has 0 fully saturated rings. The predicted octanol–water partition coefficient (Wildman–Crippen LogP) is 1.84. The summed E-state index contributed by atoms with van der Waals surface area (Å²) in [6, 6.07) is 1.77. The highest BCUT2D eigenvalue weighted by atomic mass is 35.5. The molecule has 1 aromatic rings. The van der Waals surface area contributed by atoms with E-state index < -0.39 is 0 Å². The SMILES string of the molecule is CCc1cc(C(=O)NC(CCCl)COC)n(CC)n1. The maximum Gasteiger partial charge on any atom is 0.269 e. The minimum atomic E-state index is -0.124. The van der Waals surface area contributed by atoms with Gasteiger partial charge in [-0.15, -0.1) is 11.6 Å². The van der Waals surface area contributed by atoms with E-state index in [9.17, 15) is 4.79 Å². The zero-order valence-electron chi connectivity index (χ0n) is 11.8. The van der Waals surface area contributed by atoms with E-state index in [0.717, 1.165) is 12.1 Å². The average molecular weight is 288 g/mol. The maximum absolute atomic E-state index is 12.2. The van der Waals surface area contributed by atoms with Crippen molar-refractivity contribution >= 4 is 17.5 Å². The fourth-order valence-electron chi connectivity index (χ4n) is 1.86. The molecule has 0 aliphatic heterocycles. The first kappa shape index (κ1) is 16.0. The Balaban J connectivity index is 2.77. The number of hydrogen-bond donors (Lipinski definition) is 1. The number of ether oxygens (including phenoxy) is 1. The molecule has 0 spiro atoms. The lowest BCUT2D eigenvalue weighted by atomic mass is 10.2.